The summed E-state index contributed by atoms with van der Waals surface area (Å²) in [5.74, 6) is 1.33. The zero-order chi connectivity index (χ0) is 13.5. The first-order chi connectivity index (χ1) is 9.33. The minimum atomic E-state index is 0.328. The Bertz CT molecular complexity index is 447. The Morgan fingerprint density at radius 3 is 2.95 bits per heavy atom. The first-order valence-corrected chi connectivity index (χ1v) is 6.75. The van der Waals surface area contributed by atoms with Crippen molar-refractivity contribution in [1.29, 1.82) is 5.26 Å². The van der Waals surface area contributed by atoms with Crippen LogP contribution in [-0.4, -0.2) is 25.9 Å². The lowest BCUT2D eigenvalue weighted by Gasteiger charge is -2.14. The van der Waals surface area contributed by atoms with Crippen molar-refractivity contribution in [3.8, 4) is 17.6 Å². The number of benzene rings is 1. The van der Waals surface area contributed by atoms with Gasteiger partial charge in [0, 0.05) is 19.1 Å². The fourth-order valence-electron chi connectivity index (χ4n) is 2.14. The van der Waals surface area contributed by atoms with Crippen molar-refractivity contribution in [2.24, 2.45) is 0 Å². The topological polar surface area (TPSA) is 51.5 Å². The van der Waals surface area contributed by atoms with E-state index >= 15 is 0 Å². The maximum absolute atomic E-state index is 8.88. The Hall–Kier alpha value is -1.73. The molecule has 0 aromatic heterocycles. The first kappa shape index (κ1) is 13.7. The Balaban J connectivity index is 1.92. The van der Waals surface area contributed by atoms with Crippen LogP contribution >= 0.6 is 0 Å². The van der Waals surface area contributed by atoms with Crippen molar-refractivity contribution in [1.82, 2.24) is 0 Å². The second-order valence-electron chi connectivity index (χ2n) is 4.48. The maximum Gasteiger partial charge on any atom is 0.162 e. The van der Waals surface area contributed by atoms with Gasteiger partial charge in [-0.25, -0.2) is 0 Å². The third kappa shape index (κ3) is 3.87. The molecule has 0 bridgehead atoms. The highest BCUT2D eigenvalue weighted by Gasteiger charge is 2.15. The lowest BCUT2D eigenvalue weighted by molar-refractivity contribution is 0.0897. The molecule has 0 saturated carbocycles. The third-order valence-electron chi connectivity index (χ3n) is 3.09. The van der Waals surface area contributed by atoms with Crippen LogP contribution in [0.4, 0.5) is 0 Å². The molecule has 102 valence electrons. The van der Waals surface area contributed by atoms with Gasteiger partial charge in [-0.15, -0.1) is 0 Å². The van der Waals surface area contributed by atoms with Gasteiger partial charge in [-0.2, -0.15) is 5.26 Å². The summed E-state index contributed by atoms with van der Waals surface area (Å²) < 4.78 is 16.8. The Labute approximate surface area is 113 Å². The van der Waals surface area contributed by atoms with Crippen molar-refractivity contribution >= 4 is 0 Å². The molecule has 1 aliphatic rings. The SMILES string of the molecule is CCOc1cc(C#N)ccc1OCCC1CCCO1. The van der Waals surface area contributed by atoms with E-state index in [-0.39, 0.29) is 0 Å². The van der Waals surface area contributed by atoms with Gasteiger partial charge >= 0.3 is 0 Å². The van der Waals surface area contributed by atoms with Crippen LogP contribution in [0.1, 0.15) is 31.7 Å². The van der Waals surface area contributed by atoms with E-state index in [9.17, 15) is 0 Å². The van der Waals surface area contributed by atoms with Crippen LogP contribution in [0.3, 0.4) is 0 Å². The highest BCUT2D eigenvalue weighted by atomic mass is 16.5. The number of nitrogens with zero attached hydrogens (tertiary/aromatic N) is 1. The van der Waals surface area contributed by atoms with Crippen molar-refractivity contribution < 1.29 is 14.2 Å². The molecule has 0 N–H and O–H groups in total. The van der Waals surface area contributed by atoms with E-state index in [2.05, 4.69) is 6.07 Å². The average molecular weight is 261 g/mol. The van der Waals surface area contributed by atoms with Crippen molar-refractivity contribution in [3.63, 3.8) is 0 Å². The molecule has 19 heavy (non-hydrogen) atoms. The van der Waals surface area contributed by atoms with Crippen molar-refractivity contribution in [2.45, 2.75) is 32.3 Å². The average Bonchev–Trinajstić information content (AvgIpc) is 2.94. The predicted molar refractivity (Wildman–Crippen MR) is 71.4 cm³/mol. The van der Waals surface area contributed by atoms with Crippen LogP contribution in [0.2, 0.25) is 0 Å². The summed E-state index contributed by atoms with van der Waals surface area (Å²) in [6, 6.07) is 7.34. The summed E-state index contributed by atoms with van der Waals surface area (Å²) >= 11 is 0. The van der Waals surface area contributed by atoms with Crippen LogP contribution in [0, 0.1) is 11.3 Å². The summed E-state index contributed by atoms with van der Waals surface area (Å²) in [7, 11) is 0. The van der Waals surface area contributed by atoms with Gasteiger partial charge in [0.05, 0.1) is 31.0 Å². The number of hydrogen-bond donors (Lipinski definition) is 0. The van der Waals surface area contributed by atoms with E-state index in [0.717, 1.165) is 25.9 Å². The lowest BCUT2D eigenvalue weighted by atomic mass is 10.2. The summed E-state index contributed by atoms with van der Waals surface area (Å²) in [6.45, 7) is 3.94. The van der Waals surface area contributed by atoms with Crippen molar-refractivity contribution in [2.75, 3.05) is 19.8 Å². The highest BCUT2D eigenvalue weighted by molar-refractivity contribution is 5.46. The molecular formula is C15H19NO3. The fraction of sp³-hybridized carbons (Fsp3) is 0.533. The molecule has 0 radical (unpaired) electrons. The normalized spacial score (nSPS) is 18.0. The molecule has 1 aliphatic heterocycles. The molecular weight excluding hydrogens is 242 g/mol. The largest absolute Gasteiger partial charge is 0.490 e. The van der Waals surface area contributed by atoms with Gasteiger partial charge in [-0.05, 0) is 31.9 Å². The standard InChI is InChI=1S/C15H19NO3/c1-2-17-15-10-12(11-16)5-6-14(15)19-9-7-13-4-3-8-18-13/h5-6,10,13H,2-4,7-9H2,1H3. The van der Waals surface area contributed by atoms with Crippen LogP contribution in [0.5, 0.6) is 11.5 Å². The summed E-state index contributed by atoms with van der Waals surface area (Å²) in [6.07, 6.45) is 3.49. The lowest BCUT2D eigenvalue weighted by Crippen LogP contribution is -2.11. The van der Waals surface area contributed by atoms with Gasteiger partial charge in [0.15, 0.2) is 11.5 Å². The van der Waals surface area contributed by atoms with E-state index in [4.69, 9.17) is 19.5 Å². The van der Waals surface area contributed by atoms with Crippen LogP contribution in [0.15, 0.2) is 18.2 Å². The molecule has 1 heterocycles. The fourth-order valence-corrected chi connectivity index (χ4v) is 2.14. The van der Waals surface area contributed by atoms with Gasteiger partial charge < -0.3 is 14.2 Å². The predicted octanol–water partition coefficient (Wildman–Crippen LogP) is 2.90. The van der Waals surface area contributed by atoms with E-state index in [0.29, 0.717) is 36.4 Å². The van der Waals surface area contributed by atoms with Crippen LogP contribution < -0.4 is 9.47 Å². The number of ether oxygens (including phenoxy) is 3. The van der Waals surface area contributed by atoms with Gasteiger partial charge in [0.25, 0.3) is 0 Å². The number of rotatable bonds is 6. The first-order valence-electron chi connectivity index (χ1n) is 6.75. The minimum Gasteiger partial charge on any atom is -0.490 e. The summed E-state index contributed by atoms with van der Waals surface area (Å²) in [5.41, 5.74) is 0.579. The van der Waals surface area contributed by atoms with E-state index in [1.54, 1.807) is 18.2 Å². The second kappa shape index (κ2) is 7.01. The van der Waals surface area contributed by atoms with Gasteiger partial charge in [0.2, 0.25) is 0 Å². The molecule has 0 amide bonds. The zero-order valence-corrected chi connectivity index (χ0v) is 11.2. The molecule has 1 fully saturated rings. The quantitative estimate of drug-likeness (QED) is 0.790. The molecule has 1 unspecified atom stereocenters. The molecule has 4 heteroatoms. The smallest absolute Gasteiger partial charge is 0.162 e. The van der Waals surface area contributed by atoms with Gasteiger partial charge in [0.1, 0.15) is 0 Å². The molecule has 1 aromatic carbocycles. The minimum absolute atomic E-state index is 0.328. The van der Waals surface area contributed by atoms with Crippen LogP contribution in [-0.2, 0) is 4.74 Å². The van der Waals surface area contributed by atoms with Crippen LogP contribution in [0.25, 0.3) is 0 Å². The molecule has 2 rings (SSSR count). The van der Waals surface area contributed by atoms with E-state index in [1.807, 2.05) is 6.92 Å². The Kier molecular flexibility index (Phi) is 5.05. The van der Waals surface area contributed by atoms with E-state index in [1.165, 1.54) is 0 Å². The van der Waals surface area contributed by atoms with E-state index < -0.39 is 0 Å². The molecule has 1 atom stereocenters. The Morgan fingerprint density at radius 1 is 1.37 bits per heavy atom. The number of hydrogen-bond acceptors (Lipinski definition) is 4. The molecule has 4 nitrogen and oxygen atoms in total. The third-order valence-corrected chi connectivity index (χ3v) is 3.09. The number of nitriles is 1. The summed E-state index contributed by atoms with van der Waals surface area (Å²) in [4.78, 5) is 0. The molecule has 0 aliphatic carbocycles. The van der Waals surface area contributed by atoms with Crippen molar-refractivity contribution in [3.05, 3.63) is 23.8 Å². The van der Waals surface area contributed by atoms with Gasteiger partial charge in [-0.3, -0.25) is 0 Å². The zero-order valence-electron chi connectivity index (χ0n) is 11.2. The molecule has 1 aromatic rings. The second-order valence-corrected chi connectivity index (χ2v) is 4.48. The Morgan fingerprint density at radius 2 is 2.26 bits per heavy atom. The molecule has 0 spiro atoms. The summed E-state index contributed by atoms with van der Waals surface area (Å²) in [5, 5.41) is 8.88. The van der Waals surface area contributed by atoms with Gasteiger partial charge in [-0.1, -0.05) is 0 Å². The molecule has 1 saturated heterocycles. The highest BCUT2D eigenvalue weighted by Crippen LogP contribution is 2.28. The monoisotopic (exact) mass is 261 g/mol. The maximum atomic E-state index is 8.88.